The maximum Gasteiger partial charge on any atom is 0.289 e. The van der Waals surface area contributed by atoms with Gasteiger partial charge in [0.1, 0.15) is 6.04 Å². The molecule has 2 unspecified atom stereocenters. The smallest absolute Gasteiger partial charge is 0.289 e. The molecule has 0 radical (unpaired) electrons. The minimum Gasteiger partial charge on any atom is -0.365 e. The number of carbonyl (C=O) groups is 4. The number of carbonyl (C=O) groups excluding carboxylic acids is 4. The van der Waals surface area contributed by atoms with Crippen LogP contribution in [0.15, 0.2) is 12.7 Å². The number of ketones is 1. The lowest BCUT2D eigenvalue weighted by Crippen LogP contribution is -2.63. The van der Waals surface area contributed by atoms with Crippen LogP contribution in [0.4, 0.5) is 0 Å². The topological polar surface area (TPSA) is 177 Å². The summed E-state index contributed by atoms with van der Waals surface area (Å²) in [7, 11) is -3.35. The third kappa shape index (κ3) is 10.8. The molecule has 6 atom stereocenters. The van der Waals surface area contributed by atoms with E-state index >= 15 is 0 Å². The van der Waals surface area contributed by atoms with Crippen LogP contribution in [0.3, 0.4) is 0 Å². The van der Waals surface area contributed by atoms with Gasteiger partial charge in [0.05, 0.1) is 17.8 Å². The van der Waals surface area contributed by atoms with Crippen molar-refractivity contribution in [3.8, 4) is 0 Å². The molecule has 2 aliphatic heterocycles. The van der Waals surface area contributed by atoms with Crippen molar-refractivity contribution in [2.75, 3.05) is 31.9 Å². The summed E-state index contributed by atoms with van der Waals surface area (Å²) in [5.41, 5.74) is -0.413. The van der Waals surface area contributed by atoms with Crippen LogP contribution in [0, 0.1) is 29.1 Å². The van der Waals surface area contributed by atoms with Gasteiger partial charge in [0.25, 0.3) is 5.91 Å². The Labute approximate surface area is 305 Å². The van der Waals surface area contributed by atoms with E-state index in [-0.39, 0.29) is 48.4 Å². The van der Waals surface area contributed by atoms with Gasteiger partial charge in [-0.1, -0.05) is 79.2 Å². The van der Waals surface area contributed by atoms with Crippen LogP contribution in [0.5, 0.6) is 0 Å². The lowest BCUT2D eigenvalue weighted by Gasteiger charge is -2.39. The zero-order valence-electron chi connectivity index (χ0n) is 31.5. The van der Waals surface area contributed by atoms with Crippen LogP contribution >= 0.6 is 0 Å². The molecular weight excluding hydrogens is 673 g/mol. The maximum absolute atomic E-state index is 14.7. The second-order valence-electron chi connectivity index (χ2n) is 16.7. The summed E-state index contributed by atoms with van der Waals surface area (Å²) in [6, 6.07) is -3.04. The van der Waals surface area contributed by atoms with E-state index in [1.807, 2.05) is 34.6 Å². The molecule has 13 nitrogen and oxygen atoms in total. The average Bonchev–Trinajstić information content (AvgIpc) is 3.65. The zero-order chi connectivity index (χ0) is 37.5. The van der Waals surface area contributed by atoms with Gasteiger partial charge in [-0.2, -0.15) is 0 Å². The van der Waals surface area contributed by atoms with Crippen LogP contribution in [-0.2, 0) is 29.2 Å². The first-order chi connectivity index (χ1) is 24.0. The number of aliphatic hydroxyl groups is 1. The van der Waals surface area contributed by atoms with Gasteiger partial charge in [-0.15, -0.1) is 6.58 Å². The third-order valence-electron chi connectivity index (χ3n) is 11.6. The molecule has 2 heterocycles. The number of hydrogen-bond acceptors (Lipinski definition) is 9. The highest BCUT2D eigenvalue weighted by Crippen LogP contribution is 2.35. The van der Waals surface area contributed by atoms with Crippen LogP contribution < -0.4 is 21.3 Å². The highest BCUT2D eigenvalue weighted by Gasteiger charge is 2.47. The fraction of sp³-hybridized carbons (Fsp3) is 0.838. The van der Waals surface area contributed by atoms with E-state index in [0.29, 0.717) is 32.4 Å². The van der Waals surface area contributed by atoms with Gasteiger partial charge < -0.3 is 20.6 Å². The van der Waals surface area contributed by atoms with Gasteiger partial charge in [0.2, 0.25) is 27.6 Å². The number of aliphatic hydroxyl groups excluding tert-OH is 1. The highest BCUT2D eigenvalue weighted by atomic mass is 32.2. The standard InChI is InChI=1S/C37H64N6O7S/c1-7-18-38-34(46)32(44)28(22-25-13-11-14-25)39-33(45)31-27(24(2)3)17-20-43(31)35(47)30(26-15-9-8-10-16-26)41-36(48)40-29(37(4,5)6)23-42-19-12-21-51(42,49)50/h7,24-31,36,40-41,48H,1,8-23H2,2-6H3,(H,38,46)(H,39,45)/t27-,28?,29-,30+,31+,36?/m1/s1. The quantitative estimate of drug-likeness (QED) is 0.0852. The summed E-state index contributed by atoms with van der Waals surface area (Å²) in [5.74, 6) is -1.98. The molecule has 2 aliphatic carbocycles. The molecule has 0 spiro atoms. The predicted octanol–water partition coefficient (Wildman–Crippen LogP) is 2.26. The van der Waals surface area contributed by atoms with E-state index < -0.39 is 63.6 Å². The number of nitrogens with one attached hydrogen (secondary N) is 4. The molecule has 2 saturated carbocycles. The lowest BCUT2D eigenvalue weighted by atomic mass is 9.80. The second kappa shape index (κ2) is 18.1. The molecule has 0 aromatic rings. The Morgan fingerprint density at radius 1 is 0.941 bits per heavy atom. The molecule has 4 rings (SSSR count). The largest absolute Gasteiger partial charge is 0.365 e. The van der Waals surface area contributed by atoms with E-state index in [1.54, 1.807) is 4.90 Å². The molecule has 4 fully saturated rings. The van der Waals surface area contributed by atoms with Gasteiger partial charge in [-0.3, -0.25) is 29.8 Å². The Hall–Kier alpha value is -2.39. The van der Waals surface area contributed by atoms with Crippen molar-refractivity contribution in [2.24, 2.45) is 29.1 Å². The zero-order valence-corrected chi connectivity index (χ0v) is 32.3. The molecule has 4 aliphatic rings. The second-order valence-corrected chi connectivity index (χ2v) is 18.8. The Morgan fingerprint density at radius 2 is 1.63 bits per heavy atom. The fourth-order valence-electron chi connectivity index (χ4n) is 8.20. The van der Waals surface area contributed by atoms with E-state index in [9.17, 15) is 32.7 Å². The van der Waals surface area contributed by atoms with Gasteiger partial charge in [-0.25, -0.2) is 12.7 Å². The van der Waals surface area contributed by atoms with Crippen molar-refractivity contribution in [2.45, 2.75) is 136 Å². The van der Waals surface area contributed by atoms with E-state index in [2.05, 4.69) is 27.8 Å². The summed E-state index contributed by atoms with van der Waals surface area (Å²) in [6.07, 6.45) is 9.20. The molecule has 0 aromatic carbocycles. The van der Waals surface area contributed by atoms with Crippen LogP contribution in [0.1, 0.15) is 105 Å². The Balaban J connectivity index is 1.55. The minimum atomic E-state index is -3.35. The van der Waals surface area contributed by atoms with Crippen LogP contribution in [0.25, 0.3) is 0 Å². The number of amides is 3. The maximum atomic E-state index is 14.7. The molecule has 290 valence electrons. The van der Waals surface area contributed by atoms with Gasteiger partial charge in [0, 0.05) is 32.2 Å². The molecule has 3 amide bonds. The van der Waals surface area contributed by atoms with Gasteiger partial charge in [0.15, 0.2) is 6.35 Å². The number of Topliss-reactive ketones (excluding diaryl/α,β-unsaturated/α-hetero) is 1. The first-order valence-electron chi connectivity index (χ1n) is 19.2. The number of rotatable bonds is 17. The fourth-order valence-corrected chi connectivity index (χ4v) is 9.73. The normalized spacial score (nSPS) is 25.5. The number of hydrogen-bond donors (Lipinski definition) is 5. The Kier molecular flexibility index (Phi) is 14.7. The molecule has 5 N–H and O–H groups in total. The van der Waals surface area contributed by atoms with E-state index in [4.69, 9.17) is 0 Å². The third-order valence-corrected chi connectivity index (χ3v) is 13.6. The van der Waals surface area contributed by atoms with Crippen molar-refractivity contribution in [3.05, 3.63) is 12.7 Å². The summed E-state index contributed by atoms with van der Waals surface area (Å²) in [6.45, 7) is 14.7. The number of nitrogens with zero attached hydrogens (tertiary/aromatic N) is 2. The first kappa shape index (κ1) is 41.4. The van der Waals surface area contributed by atoms with Gasteiger partial charge >= 0.3 is 0 Å². The molecule has 51 heavy (non-hydrogen) atoms. The van der Waals surface area contributed by atoms with Gasteiger partial charge in [-0.05, 0) is 61.2 Å². The molecule has 0 bridgehead atoms. The average molecular weight is 737 g/mol. The summed E-state index contributed by atoms with van der Waals surface area (Å²) >= 11 is 0. The molecular formula is C37H64N6O7S. The van der Waals surface area contributed by atoms with Crippen LogP contribution in [-0.4, -0.2) is 109 Å². The SMILES string of the molecule is C=CCNC(=O)C(=O)C(CC1CCC1)NC(=O)[C@@H]1[C@@H](C(C)C)CCN1C(=O)[C@@H](NC(O)N[C@H](CN1CCCS1(=O)=O)C(C)(C)C)C1CCCCC1. The molecule has 0 aromatic heterocycles. The Bertz CT molecular complexity index is 1340. The van der Waals surface area contributed by atoms with Crippen molar-refractivity contribution in [1.29, 1.82) is 0 Å². The predicted molar refractivity (Wildman–Crippen MR) is 196 cm³/mol. The van der Waals surface area contributed by atoms with Crippen molar-refractivity contribution < 1.29 is 32.7 Å². The molecule has 14 heteroatoms. The highest BCUT2D eigenvalue weighted by molar-refractivity contribution is 7.89. The summed E-state index contributed by atoms with van der Waals surface area (Å²) in [4.78, 5) is 56.6. The van der Waals surface area contributed by atoms with Crippen LogP contribution in [0.2, 0.25) is 0 Å². The van der Waals surface area contributed by atoms with Crippen molar-refractivity contribution in [1.82, 2.24) is 30.5 Å². The first-order valence-corrected chi connectivity index (χ1v) is 20.9. The summed E-state index contributed by atoms with van der Waals surface area (Å²) < 4.78 is 26.7. The van der Waals surface area contributed by atoms with Crippen molar-refractivity contribution in [3.63, 3.8) is 0 Å². The summed E-state index contributed by atoms with van der Waals surface area (Å²) in [5, 5.41) is 23.3. The monoisotopic (exact) mass is 736 g/mol. The lowest BCUT2D eigenvalue weighted by molar-refractivity contribution is -0.145. The number of likely N-dealkylation sites (tertiary alicyclic amines) is 1. The Morgan fingerprint density at radius 3 is 2.18 bits per heavy atom. The molecule has 2 saturated heterocycles. The number of sulfonamides is 1. The van der Waals surface area contributed by atoms with E-state index in [0.717, 1.165) is 51.4 Å². The minimum absolute atomic E-state index is 0.0676. The van der Waals surface area contributed by atoms with E-state index in [1.165, 1.54) is 10.4 Å². The van der Waals surface area contributed by atoms with Crippen molar-refractivity contribution >= 4 is 33.5 Å².